The van der Waals surface area contributed by atoms with Crippen LogP contribution in [0.25, 0.3) is 10.9 Å². The monoisotopic (exact) mass is 618 g/mol. The SMILES string of the molecule is Cc1cc(CC(=O)Cc2ccc(Oc3ncnc4cc(OCCCC(=O)N5CCC6(CC5)COC6)c(C)cc34)cc2Cl)no1. The van der Waals surface area contributed by atoms with E-state index in [2.05, 4.69) is 15.1 Å². The van der Waals surface area contributed by atoms with Gasteiger partial charge in [0.1, 0.15) is 29.4 Å². The van der Waals surface area contributed by atoms with Crippen LogP contribution in [0.1, 0.15) is 48.3 Å². The maximum absolute atomic E-state index is 12.7. The zero-order valence-electron chi connectivity index (χ0n) is 24.9. The first-order valence-electron chi connectivity index (χ1n) is 14.9. The van der Waals surface area contributed by atoms with Gasteiger partial charge in [0, 0.05) is 48.5 Å². The topological polar surface area (TPSA) is 117 Å². The molecule has 0 saturated carbocycles. The molecule has 0 bridgehead atoms. The minimum Gasteiger partial charge on any atom is -0.493 e. The molecule has 44 heavy (non-hydrogen) atoms. The maximum atomic E-state index is 12.7. The number of aromatic nitrogens is 3. The van der Waals surface area contributed by atoms with Gasteiger partial charge in [0.25, 0.3) is 0 Å². The third-order valence-electron chi connectivity index (χ3n) is 8.36. The summed E-state index contributed by atoms with van der Waals surface area (Å²) in [5, 5.41) is 5.03. The molecular weight excluding hydrogens is 584 g/mol. The lowest BCUT2D eigenvalue weighted by Gasteiger charge is -2.47. The third kappa shape index (κ3) is 6.87. The van der Waals surface area contributed by atoms with Crippen molar-refractivity contribution in [2.75, 3.05) is 32.9 Å². The lowest BCUT2D eigenvalue weighted by atomic mass is 9.77. The number of fused-ring (bicyclic) bond motifs is 1. The number of aryl methyl sites for hydroxylation is 2. The van der Waals surface area contributed by atoms with Crippen LogP contribution in [-0.4, -0.2) is 64.6 Å². The molecule has 0 aliphatic carbocycles. The number of nitrogens with zero attached hydrogens (tertiary/aromatic N) is 4. The predicted molar refractivity (Wildman–Crippen MR) is 163 cm³/mol. The number of hydrogen-bond donors (Lipinski definition) is 0. The van der Waals surface area contributed by atoms with Crippen molar-refractivity contribution in [3.05, 3.63) is 70.3 Å². The van der Waals surface area contributed by atoms with Crippen LogP contribution >= 0.6 is 11.6 Å². The van der Waals surface area contributed by atoms with E-state index in [1.807, 2.05) is 24.0 Å². The maximum Gasteiger partial charge on any atom is 0.230 e. The summed E-state index contributed by atoms with van der Waals surface area (Å²) in [6.07, 6.45) is 4.96. The molecule has 1 amide bonds. The highest BCUT2D eigenvalue weighted by Crippen LogP contribution is 2.38. The Balaban J connectivity index is 1.03. The summed E-state index contributed by atoms with van der Waals surface area (Å²) < 4.78 is 22.6. The van der Waals surface area contributed by atoms with Crippen LogP contribution in [0.2, 0.25) is 5.02 Å². The Morgan fingerprint density at radius 3 is 2.57 bits per heavy atom. The number of hydrogen-bond acceptors (Lipinski definition) is 9. The van der Waals surface area contributed by atoms with Gasteiger partial charge < -0.3 is 23.6 Å². The van der Waals surface area contributed by atoms with E-state index in [9.17, 15) is 9.59 Å². The number of piperidine rings is 1. The summed E-state index contributed by atoms with van der Waals surface area (Å²) in [5.74, 6) is 2.42. The number of likely N-dealkylation sites (tertiary alicyclic amines) is 1. The van der Waals surface area contributed by atoms with E-state index in [0.717, 1.165) is 50.1 Å². The van der Waals surface area contributed by atoms with E-state index in [0.29, 0.717) is 69.8 Å². The van der Waals surface area contributed by atoms with Gasteiger partial charge in [-0.15, -0.1) is 0 Å². The van der Waals surface area contributed by atoms with Gasteiger partial charge >= 0.3 is 0 Å². The van der Waals surface area contributed by atoms with Gasteiger partial charge in [0.05, 0.1) is 42.8 Å². The standard InChI is InChI=1S/C33H35ClN4O6/c1-21-12-27-29(17-30(21)42-11-3-4-31(40)38-9-7-33(8-10-38)18-41-19-33)35-20-36-32(27)43-26-6-5-23(28(34)16-26)14-25(39)15-24-13-22(2)44-37-24/h5-6,12-13,16-17,20H,3-4,7-11,14-15,18-19H2,1-2H3. The van der Waals surface area contributed by atoms with E-state index >= 15 is 0 Å². The van der Waals surface area contributed by atoms with Gasteiger partial charge in [0.15, 0.2) is 0 Å². The minimum absolute atomic E-state index is 0.0182. The van der Waals surface area contributed by atoms with Crippen molar-refractivity contribution in [2.24, 2.45) is 5.41 Å². The molecule has 11 heteroatoms. The fraction of sp³-hybridized carbons (Fsp3) is 0.424. The molecule has 0 radical (unpaired) electrons. The number of amides is 1. The summed E-state index contributed by atoms with van der Waals surface area (Å²) in [5.41, 5.74) is 3.20. The second-order valence-electron chi connectivity index (χ2n) is 11.8. The van der Waals surface area contributed by atoms with Crippen LogP contribution in [0.3, 0.4) is 0 Å². The zero-order valence-corrected chi connectivity index (χ0v) is 25.7. The number of carbonyl (C=O) groups excluding carboxylic acids is 2. The van der Waals surface area contributed by atoms with Crippen LogP contribution in [0.15, 0.2) is 47.2 Å². The summed E-state index contributed by atoms with van der Waals surface area (Å²) in [4.78, 5) is 35.9. The first-order chi connectivity index (χ1) is 21.3. The molecule has 2 fully saturated rings. The number of rotatable bonds is 11. The molecule has 0 atom stereocenters. The Bertz CT molecular complexity index is 1670. The van der Waals surface area contributed by atoms with Gasteiger partial charge in [-0.3, -0.25) is 9.59 Å². The van der Waals surface area contributed by atoms with Crippen LogP contribution in [0, 0.1) is 19.3 Å². The number of ketones is 1. The van der Waals surface area contributed by atoms with Crippen molar-refractivity contribution in [1.82, 2.24) is 20.0 Å². The van der Waals surface area contributed by atoms with Crippen molar-refractivity contribution in [1.29, 1.82) is 0 Å². The second kappa shape index (κ2) is 12.9. The average molecular weight is 619 g/mol. The lowest BCUT2D eigenvalue weighted by Crippen LogP contribution is -2.52. The average Bonchev–Trinajstić information content (AvgIpc) is 3.40. The van der Waals surface area contributed by atoms with E-state index < -0.39 is 0 Å². The first kappa shape index (κ1) is 30.0. The van der Waals surface area contributed by atoms with Crippen LogP contribution in [-0.2, 0) is 27.2 Å². The molecule has 2 aromatic heterocycles. The molecule has 2 aliphatic rings. The van der Waals surface area contributed by atoms with E-state index in [1.54, 1.807) is 31.2 Å². The Kier molecular flexibility index (Phi) is 8.81. The third-order valence-corrected chi connectivity index (χ3v) is 8.71. The molecule has 230 valence electrons. The fourth-order valence-electron chi connectivity index (χ4n) is 5.70. The Hall–Kier alpha value is -4.02. The van der Waals surface area contributed by atoms with Crippen LogP contribution in [0.4, 0.5) is 0 Å². The number of carbonyl (C=O) groups is 2. The second-order valence-corrected chi connectivity index (χ2v) is 12.2. The molecule has 10 nitrogen and oxygen atoms in total. The zero-order chi connectivity index (χ0) is 30.7. The Labute approximate surface area is 260 Å². The highest BCUT2D eigenvalue weighted by molar-refractivity contribution is 6.31. The van der Waals surface area contributed by atoms with Gasteiger partial charge in [0.2, 0.25) is 11.8 Å². The fourth-order valence-corrected chi connectivity index (χ4v) is 5.94. The number of benzene rings is 2. The predicted octanol–water partition coefficient (Wildman–Crippen LogP) is 5.83. The molecule has 2 aromatic carbocycles. The van der Waals surface area contributed by atoms with Crippen molar-refractivity contribution < 1.29 is 28.3 Å². The number of ether oxygens (including phenoxy) is 3. The molecular formula is C33H35ClN4O6. The summed E-state index contributed by atoms with van der Waals surface area (Å²) in [6, 6.07) is 10.8. The van der Waals surface area contributed by atoms with Gasteiger partial charge in [-0.1, -0.05) is 22.8 Å². The summed E-state index contributed by atoms with van der Waals surface area (Å²) in [6.45, 7) is 7.48. The van der Waals surface area contributed by atoms with E-state index in [4.69, 9.17) is 30.3 Å². The van der Waals surface area contributed by atoms with Crippen molar-refractivity contribution in [3.63, 3.8) is 0 Å². The summed E-state index contributed by atoms with van der Waals surface area (Å²) in [7, 11) is 0. The first-order valence-corrected chi connectivity index (χ1v) is 15.3. The molecule has 4 heterocycles. The quantitative estimate of drug-likeness (QED) is 0.191. The molecule has 0 unspecified atom stereocenters. The van der Waals surface area contributed by atoms with Crippen molar-refractivity contribution in [3.8, 4) is 17.4 Å². The number of Topliss-reactive ketones (excluding diaryl/α,β-unsaturated/α-hetero) is 1. The smallest absolute Gasteiger partial charge is 0.230 e. The van der Waals surface area contributed by atoms with Crippen LogP contribution in [0.5, 0.6) is 17.4 Å². The van der Waals surface area contributed by atoms with E-state index in [-0.39, 0.29) is 24.5 Å². The molecule has 0 N–H and O–H groups in total. The highest BCUT2D eigenvalue weighted by atomic mass is 35.5. The van der Waals surface area contributed by atoms with E-state index in [1.165, 1.54) is 6.33 Å². The Morgan fingerprint density at radius 2 is 1.86 bits per heavy atom. The molecule has 6 rings (SSSR count). The Morgan fingerprint density at radius 1 is 1.05 bits per heavy atom. The van der Waals surface area contributed by atoms with Crippen LogP contribution < -0.4 is 9.47 Å². The molecule has 2 saturated heterocycles. The summed E-state index contributed by atoms with van der Waals surface area (Å²) >= 11 is 6.51. The minimum atomic E-state index is -0.0182. The molecule has 2 aliphatic heterocycles. The van der Waals surface area contributed by atoms with Gasteiger partial charge in [-0.05, 0) is 62.4 Å². The molecule has 4 aromatic rings. The largest absolute Gasteiger partial charge is 0.493 e. The highest BCUT2D eigenvalue weighted by Gasteiger charge is 2.41. The lowest BCUT2D eigenvalue weighted by molar-refractivity contribution is -0.153. The van der Waals surface area contributed by atoms with Crippen molar-refractivity contribution >= 4 is 34.2 Å². The molecule has 1 spiro atoms. The number of halogens is 1. The van der Waals surface area contributed by atoms with Crippen molar-refractivity contribution in [2.45, 2.75) is 52.4 Å². The van der Waals surface area contributed by atoms with Gasteiger partial charge in [-0.2, -0.15) is 0 Å². The van der Waals surface area contributed by atoms with Gasteiger partial charge in [-0.25, -0.2) is 9.97 Å². The normalized spacial score (nSPS) is 15.8.